The highest BCUT2D eigenvalue weighted by molar-refractivity contribution is 7.99. The van der Waals surface area contributed by atoms with Crippen molar-refractivity contribution in [1.82, 2.24) is 23.3 Å². The number of carboxylic acids is 3. The van der Waals surface area contributed by atoms with Gasteiger partial charge in [-0.2, -0.15) is 9.59 Å². The van der Waals surface area contributed by atoms with E-state index < -0.39 is 55.1 Å². The average Bonchev–Trinajstić information content (AvgIpc) is 1.57. The number of fused-ring (bicyclic) bond motifs is 10. The molecule has 29 heteroatoms. The molecular formula is C90H81Cl4F2N5O15S3. The molecule has 0 radical (unpaired) electrons. The highest BCUT2D eigenvalue weighted by Crippen LogP contribution is 2.50. The molecule has 3 atom stereocenters. The molecule has 3 N–H and O–H groups in total. The van der Waals surface area contributed by atoms with Crippen LogP contribution in [0.4, 0.5) is 8.78 Å². The predicted molar refractivity (Wildman–Crippen MR) is 455 cm³/mol. The van der Waals surface area contributed by atoms with Gasteiger partial charge in [0.1, 0.15) is 17.4 Å². The lowest BCUT2D eigenvalue weighted by Crippen LogP contribution is -2.18. The summed E-state index contributed by atoms with van der Waals surface area (Å²) >= 11 is 25.9. The van der Waals surface area contributed by atoms with Gasteiger partial charge in [0.15, 0.2) is 25.5 Å². The maximum absolute atomic E-state index is 14.4. The molecule has 5 aromatic heterocycles. The van der Waals surface area contributed by atoms with Gasteiger partial charge in [-0.05, 0) is 182 Å². The molecule has 20 nitrogen and oxygen atoms in total. The molecule has 0 saturated carbocycles. The van der Waals surface area contributed by atoms with Crippen LogP contribution >= 0.6 is 58.2 Å². The lowest BCUT2D eigenvalue weighted by atomic mass is 9.84. The Morgan fingerprint density at radius 1 is 0.613 bits per heavy atom. The van der Waals surface area contributed by atoms with Gasteiger partial charge in [0.05, 0.1) is 73.5 Å². The van der Waals surface area contributed by atoms with E-state index in [1.807, 2.05) is 103 Å². The average molecular weight is 1750 g/mol. The van der Waals surface area contributed by atoms with Gasteiger partial charge in [-0.25, -0.2) is 25.6 Å². The number of halogens is 6. The molecule has 13 aromatic rings. The number of carboxylic acid groups (broad SMARTS) is 3. The Hall–Kier alpha value is -10.7. The fourth-order valence-electron chi connectivity index (χ4n) is 16.2. The van der Waals surface area contributed by atoms with Gasteiger partial charge in [0.25, 0.3) is 5.91 Å². The van der Waals surface area contributed by atoms with Crippen molar-refractivity contribution in [3.05, 3.63) is 281 Å². The molecule has 1 aliphatic heterocycles. The van der Waals surface area contributed by atoms with E-state index in [1.54, 1.807) is 63.4 Å². The van der Waals surface area contributed by atoms with Crippen LogP contribution in [-0.2, 0) is 76.1 Å². The van der Waals surface area contributed by atoms with Gasteiger partial charge >= 0.3 is 24.1 Å². The van der Waals surface area contributed by atoms with Crippen LogP contribution in [0.25, 0.3) is 43.6 Å². The minimum atomic E-state index is -3.83. The van der Waals surface area contributed by atoms with E-state index in [0.29, 0.717) is 68.2 Å². The van der Waals surface area contributed by atoms with Crippen molar-refractivity contribution in [1.29, 1.82) is 0 Å². The zero-order chi connectivity index (χ0) is 85.6. The van der Waals surface area contributed by atoms with Crippen LogP contribution in [0.15, 0.2) is 202 Å². The van der Waals surface area contributed by atoms with Crippen LogP contribution in [0.2, 0.25) is 20.1 Å². The number of aliphatic carboxylic acids is 3. The van der Waals surface area contributed by atoms with Crippen LogP contribution in [0.1, 0.15) is 159 Å². The van der Waals surface area contributed by atoms with Crippen LogP contribution in [0.5, 0.6) is 5.75 Å². The largest absolute Gasteiger partial charge is 0.493 e. The fraction of sp³-hybridized carbons (Fsp3) is 0.256. The third-order valence-corrected chi connectivity index (χ3v) is 25.8. The number of hydrogen-bond acceptors (Lipinski definition) is 14. The summed E-state index contributed by atoms with van der Waals surface area (Å²) in [4.78, 5) is 82.8. The van der Waals surface area contributed by atoms with E-state index in [0.717, 1.165) is 133 Å². The van der Waals surface area contributed by atoms with E-state index >= 15 is 0 Å². The third-order valence-electron chi connectivity index (χ3n) is 21.2. The number of hydrogen-bond donors (Lipinski definition) is 3. The number of aromatic nitrogens is 5. The zero-order valence-electron chi connectivity index (χ0n) is 65.3. The van der Waals surface area contributed by atoms with Crippen LogP contribution in [0.3, 0.4) is 0 Å². The zero-order valence-corrected chi connectivity index (χ0v) is 70.8. The van der Waals surface area contributed by atoms with E-state index in [-0.39, 0.29) is 94.1 Å². The van der Waals surface area contributed by atoms with E-state index in [9.17, 15) is 64.9 Å². The molecule has 0 saturated heterocycles. The van der Waals surface area contributed by atoms with Gasteiger partial charge in [-0.15, -0.1) is 0 Å². The van der Waals surface area contributed by atoms with Crippen LogP contribution in [-0.4, -0.2) is 110 Å². The number of carbonyl (C=O) groups is 5. The second kappa shape index (κ2) is 37.3. The number of ketones is 1. The minimum Gasteiger partial charge on any atom is -0.493 e. The Morgan fingerprint density at radius 3 is 1.75 bits per heavy atom. The molecule has 8 aromatic carbocycles. The van der Waals surface area contributed by atoms with Crippen molar-refractivity contribution in [2.45, 2.75) is 148 Å². The number of nitrogens with zero attached hydrogens (tertiary/aromatic N) is 5. The van der Waals surface area contributed by atoms with Crippen LogP contribution < -0.4 is 4.74 Å². The highest BCUT2D eigenvalue weighted by Gasteiger charge is 2.40. The summed E-state index contributed by atoms with van der Waals surface area (Å²) in [5, 5.41) is 33.3. The maximum Gasteiger partial charge on any atom is 0.373 e. The summed E-state index contributed by atoms with van der Waals surface area (Å²) in [6.45, 7) is 10.3. The van der Waals surface area contributed by atoms with E-state index in [2.05, 4.69) is 54.6 Å². The number of rotatable bonds is 20. The second-order valence-electron chi connectivity index (χ2n) is 29.8. The smallest absolute Gasteiger partial charge is 0.373 e. The molecule has 616 valence electrons. The number of aryl methyl sites for hydroxylation is 4. The topological polar surface area (TPSA) is 290 Å². The predicted octanol–water partition coefficient (Wildman–Crippen LogP) is 20.4. The van der Waals surface area contributed by atoms with Crippen LogP contribution in [0, 0.1) is 25.5 Å². The maximum atomic E-state index is 14.4. The summed E-state index contributed by atoms with van der Waals surface area (Å²) < 4.78 is 92.1. The molecule has 119 heavy (non-hydrogen) atoms. The van der Waals surface area contributed by atoms with Gasteiger partial charge in [-0.3, -0.25) is 33.5 Å². The number of ether oxygens (including phenoxy) is 1. The Morgan fingerprint density at radius 2 is 1.18 bits per heavy atom. The first kappa shape index (κ1) is 87.6. The van der Waals surface area contributed by atoms with Crippen molar-refractivity contribution in [3.8, 4) is 5.75 Å². The lowest BCUT2D eigenvalue weighted by molar-refractivity contribution is -0.191. The van der Waals surface area contributed by atoms with E-state index in [1.165, 1.54) is 17.2 Å². The lowest BCUT2D eigenvalue weighted by Gasteiger charge is -2.25. The van der Waals surface area contributed by atoms with Gasteiger partial charge in [0, 0.05) is 144 Å². The molecule has 2 unspecified atom stereocenters. The number of carbonyl (C=O) groups excluding carboxylic acids is 4. The van der Waals surface area contributed by atoms with Crippen molar-refractivity contribution in [2.24, 2.45) is 0 Å². The van der Waals surface area contributed by atoms with Gasteiger partial charge in [0.2, 0.25) is 0 Å². The van der Waals surface area contributed by atoms with Gasteiger partial charge in [-0.1, -0.05) is 139 Å². The molecule has 2 aliphatic carbocycles. The number of Topliss-reactive ketones (excluding diaryl/α,β-unsaturated/α-hetero) is 1. The van der Waals surface area contributed by atoms with E-state index in [4.69, 9.17) is 60.7 Å². The first-order chi connectivity index (χ1) is 56.6. The normalized spacial score (nSPS) is 14.7. The Labute approximate surface area is 709 Å². The molecule has 16 rings (SSSR count). The highest BCUT2D eigenvalue weighted by atomic mass is 35.5. The summed E-state index contributed by atoms with van der Waals surface area (Å²) in [5.74, 6) is -4.33. The Balaban J connectivity index is 0.000000144. The fourth-order valence-corrected chi connectivity index (χ4v) is 19.9. The monoisotopic (exact) mass is 1750 g/mol. The quantitative estimate of drug-likeness (QED) is 0.0639. The third kappa shape index (κ3) is 19.8. The molecule has 0 amide bonds. The molecular weight excluding hydrogens is 1670 g/mol. The second-order valence-corrected chi connectivity index (χ2v) is 36.5. The molecule has 0 bridgehead atoms. The summed E-state index contributed by atoms with van der Waals surface area (Å²) in [7, 11) is -7.54. The molecule has 3 aliphatic rings. The van der Waals surface area contributed by atoms with Crippen molar-refractivity contribution >= 4 is 157 Å². The van der Waals surface area contributed by atoms with Crippen molar-refractivity contribution in [3.63, 3.8) is 0 Å². The Bertz CT molecular complexity index is 6380. The Kier molecular flexibility index (Phi) is 27.4. The van der Waals surface area contributed by atoms with Gasteiger partial charge < -0.3 is 33.8 Å². The minimum absolute atomic E-state index is 0.00446. The summed E-state index contributed by atoms with van der Waals surface area (Å²) in [6, 6.07) is 52.0. The summed E-state index contributed by atoms with van der Waals surface area (Å²) in [6.07, 6.45) is 7.73. The number of pyridine rings is 1. The summed E-state index contributed by atoms with van der Waals surface area (Å²) in [5.41, 5.74) is 12.8. The standard InChI is InChI=1S/C25H23NO2.C22H21ClFNO4S.C21H20Cl2N2O2S.C21H17ClFNO5S.CO2/c1-18-7-6-10-24-23(18)17-19(2)26(24)25(27)21-11-13-22(14-12-21)28-16-15-20-8-4-3-5-9-20;1-30(28,29)19-11-16(24)10-18-17-4-2-3-14(9-20(26)27)21(17)25(22(18)19)12-13-5-7-15(23)8-6-13;1-11(2)19-18-16(5-7-24-19)25-8-6-12(9-17(26)27)20(25)21(18)28-13-3-4-14(22)15(23)10-13;1-30(28,29)17-9-14(23)8-15-19-16(25)6-12(7-18(26)27)20(19)24(21(15)17)10-11-2-4-13(22)5-3-11;2-1-3/h3-14,17H,15-16H2,1-2H3;5-8,10-11,14H,2-4,9,12H2,1H3,(H,26,27);3-5,7,10-12H,6,8-9H2,1-2H3,(H,26,27);2-5,8-9,12H,6-7,10H2,1H3,(H,26,27);/t;;;12-;/m...1./s1. The number of sulfone groups is 2. The first-order valence-corrected chi connectivity index (χ1v) is 44.0. The molecule has 0 fully saturated rings. The molecule has 6 heterocycles. The van der Waals surface area contributed by atoms with Crippen molar-refractivity contribution < 1.29 is 79.2 Å². The molecule has 0 spiro atoms. The SMILES string of the molecule is CC(C)c1nccc2c1c(Sc1ccc(Cl)c(Cl)c1)c1n2CCC1CC(=O)O.CS(=O)(=O)c1cc(F)cc2c3c(n(Cc4ccc(Cl)cc4)c12)C(CC(=O)O)CCC3.CS(=O)(=O)c1cc(F)cc2c3c(n(Cc4ccc(Cl)cc4)c12)[C@@H](CC(=O)O)CC3=O.Cc1cccc2c1cc(C)n2C(=O)c1ccc(OCCc2ccccc2)cc1.O=C=O. The number of benzene rings is 8. The first-order valence-electron chi connectivity index (χ1n) is 37.9. The van der Waals surface area contributed by atoms with Crippen molar-refractivity contribution in [2.75, 3.05) is 19.1 Å².